The molecule has 4 rings (SSSR count). The zero-order valence-electron chi connectivity index (χ0n) is 15.3. The Hall–Kier alpha value is -2.42. The standard InChI is InChI=1S/C24H26N2/c1-4-10-21(11-5-1)20-25-16-18-26(19-17-25)24(22-12-6-2-7-13-22)23-14-8-3-9-15-23/h1-15,24H,16-20H2/p+2. The average molecular weight is 345 g/mol. The molecular formula is C24H28N2+2. The molecule has 0 saturated carbocycles. The Morgan fingerprint density at radius 3 is 1.54 bits per heavy atom. The van der Waals surface area contributed by atoms with Gasteiger partial charge in [0.15, 0.2) is 0 Å². The summed E-state index contributed by atoms with van der Waals surface area (Å²) in [6.07, 6.45) is 0. The number of quaternary nitrogens is 2. The summed E-state index contributed by atoms with van der Waals surface area (Å²) in [5.74, 6) is 0. The summed E-state index contributed by atoms with van der Waals surface area (Å²) in [5.41, 5.74) is 4.31. The third-order valence-electron chi connectivity index (χ3n) is 5.57. The van der Waals surface area contributed by atoms with Crippen molar-refractivity contribution in [1.82, 2.24) is 0 Å². The van der Waals surface area contributed by atoms with Gasteiger partial charge in [-0.1, -0.05) is 91.0 Å². The molecular weight excluding hydrogens is 316 g/mol. The van der Waals surface area contributed by atoms with Gasteiger partial charge in [-0.25, -0.2) is 0 Å². The van der Waals surface area contributed by atoms with Crippen molar-refractivity contribution in [3.05, 3.63) is 108 Å². The molecule has 0 atom stereocenters. The number of piperazine rings is 1. The van der Waals surface area contributed by atoms with E-state index in [0.29, 0.717) is 6.04 Å². The van der Waals surface area contributed by atoms with Crippen LogP contribution in [0.4, 0.5) is 0 Å². The molecule has 2 N–H and O–H groups in total. The van der Waals surface area contributed by atoms with Gasteiger partial charge >= 0.3 is 0 Å². The molecule has 0 amide bonds. The number of hydrogen-bond acceptors (Lipinski definition) is 0. The lowest BCUT2D eigenvalue weighted by Gasteiger charge is -2.35. The lowest BCUT2D eigenvalue weighted by molar-refractivity contribution is -1.03. The molecule has 2 nitrogen and oxygen atoms in total. The van der Waals surface area contributed by atoms with Gasteiger partial charge in [0.05, 0.1) is 0 Å². The summed E-state index contributed by atoms with van der Waals surface area (Å²) in [6.45, 7) is 6.06. The summed E-state index contributed by atoms with van der Waals surface area (Å²) < 4.78 is 0. The molecule has 132 valence electrons. The fourth-order valence-electron chi connectivity index (χ4n) is 4.23. The van der Waals surface area contributed by atoms with Crippen LogP contribution < -0.4 is 9.80 Å². The maximum Gasteiger partial charge on any atom is 0.139 e. The van der Waals surface area contributed by atoms with Gasteiger partial charge in [0.2, 0.25) is 0 Å². The van der Waals surface area contributed by atoms with Gasteiger partial charge in [0, 0.05) is 16.7 Å². The van der Waals surface area contributed by atoms with Crippen molar-refractivity contribution in [3.8, 4) is 0 Å². The van der Waals surface area contributed by atoms with Crippen molar-refractivity contribution in [2.75, 3.05) is 26.2 Å². The first-order valence-corrected chi connectivity index (χ1v) is 9.72. The predicted molar refractivity (Wildman–Crippen MR) is 106 cm³/mol. The molecule has 1 saturated heterocycles. The van der Waals surface area contributed by atoms with Gasteiger partial charge in [0.1, 0.15) is 38.8 Å². The topological polar surface area (TPSA) is 8.88 Å². The lowest BCUT2D eigenvalue weighted by Crippen LogP contribution is -3.27. The van der Waals surface area contributed by atoms with E-state index in [1.165, 1.54) is 42.9 Å². The molecule has 1 fully saturated rings. The van der Waals surface area contributed by atoms with Crippen molar-refractivity contribution >= 4 is 0 Å². The second kappa shape index (κ2) is 8.31. The lowest BCUT2D eigenvalue weighted by atomic mass is 9.96. The van der Waals surface area contributed by atoms with Crippen LogP contribution in [0.3, 0.4) is 0 Å². The number of benzene rings is 3. The van der Waals surface area contributed by atoms with Crippen molar-refractivity contribution in [3.63, 3.8) is 0 Å². The largest absolute Gasteiger partial charge is 0.322 e. The third kappa shape index (κ3) is 4.04. The van der Waals surface area contributed by atoms with Crippen molar-refractivity contribution < 1.29 is 9.80 Å². The molecule has 0 aromatic heterocycles. The first kappa shape index (κ1) is 17.0. The average Bonchev–Trinajstić information content (AvgIpc) is 2.72. The second-order valence-electron chi connectivity index (χ2n) is 7.33. The molecule has 0 bridgehead atoms. The molecule has 0 unspecified atom stereocenters. The van der Waals surface area contributed by atoms with E-state index < -0.39 is 0 Å². The van der Waals surface area contributed by atoms with Crippen LogP contribution in [0.2, 0.25) is 0 Å². The Morgan fingerprint density at radius 2 is 1.04 bits per heavy atom. The van der Waals surface area contributed by atoms with E-state index >= 15 is 0 Å². The smallest absolute Gasteiger partial charge is 0.139 e. The van der Waals surface area contributed by atoms with E-state index in [9.17, 15) is 0 Å². The highest BCUT2D eigenvalue weighted by molar-refractivity contribution is 5.29. The third-order valence-corrected chi connectivity index (χ3v) is 5.57. The zero-order valence-corrected chi connectivity index (χ0v) is 15.3. The molecule has 0 aliphatic carbocycles. The number of hydrogen-bond donors (Lipinski definition) is 2. The quantitative estimate of drug-likeness (QED) is 0.698. The summed E-state index contributed by atoms with van der Waals surface area (Å²) in [6, 6.07) is 33.4. The molecule has 3 aromatic carbocycles. The molecule has 1 heterocycles. The van der Waals surface area contributed by atoms with Crippen LogP contribution in [-0.2, 0) is 6.54 Å². The van der Waals surface area contributed by atoms with Gasteiger partial charge in [-0.05, 0) is 0 Å². The van der Waals surface area contributed by atoms with Crippen LogP contribution in [0.1, 0.15) is 22.7 Å². The molecule has 1 aliphatic heterocycles. The Morgan fingerprint density at radius 1 is 0.577 bits per heavy atom. The first-order valence-electron chi connectivity index (χ1n) is 9.72. The molecule has 26 heavy (non-hydrogen) atoms. The van der Waals surface area contributed by atoms with Crippen LogP contribution >= 0.6 is 0 Å². The molecule has 3 aromatic rings. The minimum Gasteiger partial charge on any atom is -0.322 e. The van der Waals surface area contributed by atoms with E-state index in [1.807, 2.05) is 0 Å². The fourth-order valence-corrected chi connectivity index (χ4v) is 4.23. The van der Waals surface area contributed by atoms with Crippen LogP contribution in [0.5, 0.6) is 0 Å². The number of rotatable bonds is 5. The van der Waals surface area contributed by atoms with E-state index in [-0.39, 0.29) is 0 Å². The van der Waals surface area contributed by atoms with Gasteiger partial charge in [0.25, 0.3) is 0 Å². The Bertz CT molecular complexity index is 739. The minimum absolute atomic E-state index is 0.440. The summed E-state index contributed by atoms with van der Waals surface area (Å²) in [7, 11) is 0. The maximum absolute atomic E-state index is 2.29. The SMILES string of the molecule is c1ccc(C[NH+]2CC[NH+](C(c3ccccc3)c3ccccc3)CC2)cc1. The molecule has 0 spiro atoms. The van der Waals surface area contributed by atoms with Crippen molar-refractivity contribution in [2.45, 2.75) is 12.6 Å². The van der Waals surface area contributed by atoms with Crippen LogP contribution in [0, 0.1) is 0 Å². The van der Waals surface area contributed by atoms with E-state index in [1.54, 1.807) is 9.80 Å². The zero-order chi connectivity index (χ0) is 17.6. The van der Waals surface area contributed by atoms with Crippen molar-refractivity contribution in [2.24, 2.45) is 0 Å². The van der Waals surface area contributed by atoms with E-state index in [2.05, 4.69) is 91.0 Å². The van der Waals surface area contributed by atoms with Crippen LogP contribution in [0.25, 0.3) is 0 Å². The van der Waals surface area contributed by atoms with Gasteiger partial charge < -0.3 is 9.80 Å². The highest BCUT2D eigenvalue weighted by atomic mass is 15.3. The minimum atomic E-state index is 0.440. The maximum atomic E-state index is 2.29. The second-order valence-corrected chi connectivity index (χ2v) is 7.33. The highest BCUT2D eigenvalue weighted by Crippen LogP contribution is 2.18. The molecule has 0 radical (unpaired) electrons. The molecule has 2 heteroatoms. The van der Waals surface area contributed by atoms with Crippen LogP contribution in [0.15, 0.2) is 91.0 Å². The Labute approximate surface area is 156 Å². The summed E-state index contributed by atoms with van der Waals surface area (Å²) >= 11 is 0. The first-order chi connectivity index (χ1) is 12.9. The van der Waals surface area contributed by atoms with E-state index in [4.69, 9.17) is 0 Å². The fraction of sp³-hybridized carbons (Fsp3) is 0.250. The molecule has 1 aliphatic rings. The van der Waals surface area contributed by atoms with Gasteiger partial charge in [-0.3, -0.25) is 0 Å². The Balaban J connectivity index is 1.48. The summed E-state index contributed by atoms with van der Waals surface area (Å²) in [4.78, 5) is 3.40. The highest BCUT2D eigenvalue weighted by Gasteiger charge is 2.31. The van der Waals surface area contributed by atoms with Crippen LogP contribution in [-0.4, -0.2) is 26.2 Å². The predicted octanol–water partition coefficient (Wildman–Crippen LogP) is 1.76. The normalized spacial score (nSPS) is 20.2. The monoisotopic (exact) mass is 344 g/mol. The van der Waals surface area contributed by atoms with E-state index in [0.717, 1.165) is 6.54 Å². The Kier molecular flexibility index (Phi) is 5.44. The van der Waals surface area contributed by atoms with Gasteiger partial charge in [-0.15, -0.1) is 0 Å². The van der Waals surface area contributed by atoms with Gasteiger partial charge in [-0.2, -0.15) is 0 Å². The van der Waals surface area contributed by atoms with Crippen molar-refractivity contribution in [1.29, 1.82) is 0 Å². The summed E-state index contributed by atoms with van der Waals surface area (Å²) in [5, 5.41) is 0. The number of nitrogens with one attached hydrogen (secondary N) is 2.